The topological polar surface area (TPSA) is 57.1 Å². The summed E-state index contributed by atoms with van der Waals surface area (Å²) in [6.07, 6.45) is 0. The molecule has 1 amide bonds. The zero-order chi connectivity index (χ0) is 19.9. The van der Waals surface area contributed by atoms with Crippen LogP contribution < -0.4 is 10.2 Å². The summed E-state index contributed by atoms with van der Waals surface area (Å²) >= 11 is 0. The number of anilines is 1. The molecule has 1 atom stereocenters. The summed E-state index contributed by atoms with van der Waals surface area (Å²) in [7, 11) is 3.99. The van der Waals surface area contributed by atoms with Gasteiger partial charge in [0.2, 0.25) is 0 Å². The van der Waals surface area contributed by atoms with E-state index < -0.39 is 0 Å². The highest BCUT2D eigenvalue weighted by molar-refractivity contribution is 5.94. The Morgan fingerprint density at radius 1 is 0.821 bits per heavy atom. The second-order valence-corrected chi connectivity index (χ2v) is 6.76. The van der Waals surface area contributed by atoms with Gasteiger partial charge in [-0.2, -0.15) is 10.2 Å². The molecule has 0 saturated carbocycles. The fourth-order valence-corrected chi connectivity index (χ4v) is 2.72. The number of benzene rings is 3. The van der Waals surface area contributed by atoms with E-state index in [2.05, 4.69) is 15.5 Å². The van der Waals surface area contributed by atoms with E-state index in [0.29, 0.717) is 11.3 Å². The first-order valence-corrected chi connectivity index (χ1v) is 9.18. The van der Waals surface area contributed by atoms with E-state index in [1.807, 2.05) is 80.5 Å². The lowest BCUT2D eigenvalue weighted by Gasteiger charge is -2.14. The Morgan fingerprint density at radius 3 is 1.89 bits per heavy atom. The predicted molar refractivity (Wildman–Crippen MR) is 114 cm³/mol. The summed E-state index contributed by atoms with van der Waals surface area (Å²) < 4.78 is 0. The Bertz CT molecular complexity index is 933. The Labute approximate surface area is 165 Å². The van der Waals surface area contributed by atoms with Crippen molar-refractivity contribution in [3.63, 3.8) is 0 Å². The van der Waals surface area contributed by atoms with Crippen molar-refractivity contribution in [2.24, 2.45) is 10.2 Å². The number of hydrogen-bond donors (Lipinski definition) is 1. The molecule has 0 radical (unpaired) electrons. The van der Waals surface area contributed by atoms with Gasteiger partial charge in [0, 0.05) is 25.3 Å². The van der Waals surface area contributed by atoms with Crippen molar-refractivity contribution in [3.8, 4) is 0 Å². The molecule has 0 aliphatic carbocycles. The Balaban J connectivity index is 1.62. The van der Waals surface area contributed by atoms with E-state index in [1.165, 1.54) is 0 Å². The van der Waals surface area contributed by atoms with Gasteiger partial charge in [-0.3, -0.25) is 4.79 Å². The molecule has 0 aliphatic heterocycles. The van der Waals surface area contributed by atoms with Gasteiger partial charge in [-0.15, -0.1) is 0 Å². The fraction of sp³-hybridized carbons (Fsp3) is 0.174. The monoisotopic (exact) mass is 372 g/mol. The molecule has 0 aliphatic rings. The largest absolute Gasteiger partial charge is 0.378 e. The minimum Gasteiger partial charge on any atom is -0.378 e. The number of carbonyl (C=O) groups excluding carboxylic acids is 1. The second-order valence-electron chi connectivity index (χ2n) is 6.76. The molecular weight excluding hydrogens is 348 g/mol. The minimum absolute atomic E-state index is 0.0572. The molecule has 0 spiro atoms. The number of nitrogens with one attached hydrogen (secondary N) is 1. The zero-order valence-corrected chi connectivity index (χ0v) is 16.3. The van der Waals surface area contributed by atoms with Gasteiger partial charge < -0.3 is 10.2 Å². The van der Waals surface area contributed by atoms with Crippen LogP contribution in [0.2, 0.25) is 0 Å². The molecule has 0 bridgehead atoms. The van der Waals surface area contributed by atoms with Crippen LogP contribution in [0.25, 0.3) is 0 Å². The van der Waals surface area contributed by atoms with E-state index in [9.17, 15) is 4.79 Å². The summed E-state index contributed by atoms with van der Waals surface area (Å²) in [6.45, 7) is 1.97. The quantitative estimate of drug-likeness (QED) is 0.568. The molecule has 3 aromatic rings. The van der Waals surface area contributed by atoms with Crippen LogP contribution in [0.15, 0.2) is 89.1 Å². The molecule has 3 aromatic carbocycles. The summed E-state index contributed by atoms with van der Waals surface area (Å²) in [5, 5.41) is 11.5. The van der Waals surface area contributed by atoms with Crippen LogP contribution in [0.5, 0.6) is 0 Å². The second kappa shape index (κ2) is 8.95. The molecule has 5 heteroatoms. The van der Waals surface area contributed by atoms with Crippen LogP contribution in [0, 0.1) is 0 Å². The van der Waals surface area contributed by atoms with Gasteiger partial charge in [0.1, 0.15) is 0 Å². The lowest BCUT2D eigenvalue weighted by molar-refractivity contribution is 0.0940. The molecule has 1 N–H and O–H groups in total. The SMILES string of the molecule is CC(NC(=O)c1ccc(N=Nc2ccc(N(C)C)cc2)cc1)c1ccccc1. The van der Waals surface area contributed by atoms with E-state index >= 15 is 0 Å². The van der Waals surface area contributed by atoms with Crippen molar-refractivity contribution in [3.05, 3.63) is 90.0 Å². The molecule has 0 saturated heterocycles. The van der Waals surface area contributed by atoms with Crippen molar-refractivity contribution < 1.29 is 4.79 Å². The molecule has 142 valence electrons. The first kappa shape index (κ1) is 19.3. The van der Waals surface area contributed by atoms with E-state index in [-0.39, 0.29) is 11.9 Å². The Hall–Kier alpha value is -3.47. The first-order chi connectivity index (χ1) is 13.5. The van der Waals surface area contributed by atoms with E-state index in [4.69, 9.17) is 0 Å². The lowest BCUT2D eigenvalue weighted by Crippen LogP contribution is -2.26. The van der Waals surface area contributed by atoms with Crippen LogP contribution >= 0.6 is 0 Å². The van der Waals surface area contributed by atoms with Crippen LogP contribution in [-0.2, 0) is 0 Å². The van der Waals surface area contributed by atoms with Gasteiger partial charge in [-0.25, -0.2) is 0 Å². The van der Waals surface area contributed by atoms with Crippen LogP contribution in [-0.4, -0.2) is 20.0 Å². The van der Waals surface area contributed by atoms with E-state index in [1.54, 1.807) is 24.3 Å². The van der Waals surface area contributed by atoms with E-state index in [0.717, 1.165) is 16.9 Å². The van der Waals surface area contributed by atoms with Gasteiger partial charge in [0.25, 0.3) is 5.91 Å². The molecule has 1 unspecified atom stereocenters. The van der Waals surface area contributed by atoms with Gasteiger partial charge in [-0.05, 0) is 61.0 Å². The third kappa shape index (κ3) is 5.04. The fourth-order valence-electron chi connectivity index (χ4n) is 2.72. The van der Waals surface area contributed by atoms with Crippen molar-refractivity contribution in [2.45, 2.75) is 13.0 Å². The first-order valence-electron chi connectivity index (χ1n) is 9.18. The zero-order valence-electron chi connectivity index (χ0n) is 16.3. The number of rotatable bonds is 6. The maximum Gasteiger partial charge on any atom is 0.251 e. The van der Waals surface area contributed by atoms with Crippen LogP contribution in [0.3, 0.4) is 0 Å². The van der Waals surface area contributed by atoms with Gasteiger partial charge in [-0.1, -0.05) is 30.3 Å². The molecule has 28 heavy (non-hydrogen) atoms. The normalized spacial score (nSPS) is 12.0. The average molecular weight is 372 g/mol. The number of amides is 1. The summed E-state index contributed by atoms with van der Waals surface area (Å²) in [6, 6.07) is 24.8. The predicted octanol–water partition coefficient (Wildman–Crippen LogP) is 5.66. The van der Waals surface area contributed by atoms with Gasteiger partial charge in [0.05, 0.1) is 17.4 Å². The third-order valence-electron chi connectivity index (χ3n) is 4.42. The van der Waals surface area contributed by atoms with Crippen molar-refractivity contribution in [1.82, 2.24) is 5.32 Å². The highest BCUT2D eigenvalue weighted by Gasteiger charge is 2.11. The van der Waals surface area contributed by atoms with Crippen LogP contribution in [0.4, 0.5) is 17.1 Å². The average Bonchev–Trinajstić information content (AvgIpc) is 2.73. The third-order valence-corrected chi connectivity index (χ3v) is 4.42. The van der Waals surface area contributed by atoms with Crippen molar-refractivity contribution >= 4 is 23.0 Å². The number of carbonyl (C=O) groups is 1. The van der Waals surface area contributed by atoms with Crippen LogP contribution in [0.1, 0.15) is 28.9 Å². The summed E-state index contributed by atoms with van der Waals surface area (Å²) in [5.74, 6) is -0.112. The minimum atomic E-state index is -0.112. The number of azo groups is 1. The standard InChI is InChI=1S/C23H24N4O/c1-17(18-7-5-4-6-8-18)24-23(28)19-9-11-20(12-10-19)25-26-21-13-15-22(16-14-21)27(2)3/h4-17H,1-3H3,(H,24,28). The van der Waals surface area contributed by atoms with Gasteiger partial charge in [0.15, 0.2) is 0 Å². The molecule has 0 heterocycles. The lowest BCUT2D eigenvalue weighted by atomic mass is 10.1. The molecule has 0 fully saturated rings. The highest BCUT2D eigenvalue weighted by atomic mass is 16.1. The smallest absolute Gasteiger partial charge is 0.251 e. The number of nitrogens with zero attached hydrogens (tertiary/aromatic N) is 3. The Morgan fingerprint density at radius 2 is 1.36 bits per heavy atom. The summed E-state index contributed by atoms with van der Waals surface area (Å²) in [5.41, 5.74) is 4.26. The van der Waals surface area contributed by atoms with Gasteiger partial charge >= 0.3 is 0 Å². The maximum atomic E-state index is 12.4. The molecule has 5 nitrogen and oxygen atoms in total. The Kier molecular flexibility index (Phi) is 6.17. The number of hydrogen-bond acceptors (Lipinski definition) is 4. The summed E-state index contributed by atoms with van der Waals surface area (Å²) in [4.78, 5) is 14.5. The van der Waals surface area contributed by atoms with Crippen molar-refractivity contribution in [1.29, 1.82) is 0 Å². The van der Waals surface area contributed by atoms with Crippen molar-refractivity contribution in [2.75, 3.05) is 19.0 Å². The highest BCUT2D eigenvalue weighted by Crippen LogP contribution is 2.22. The molecular formula is C23H24N4O. The molecule has 3 rings (SSSR count). The maximum absolute atomic E-state index is 12.4. The molecule has 0 aromatic heterocycles.